The van der Waals surface area contributed by atoms with Gasteiger partial charge in [0.25, 0.3) is 0 Å². The van der Waals surface area contributed by atoms with Gasteiger partial charge in [-0.25, -0.2) is 0 Å². The number of hydrogen-bond donors (Lipinski definition) is 1. The predicted molar refractivity (Wildman–Crippen MR) is 117 cm³/mol. The van der Waals surface area contributed by atoms with Gasteiger partial charge >= 0.3 is 6.18 Å². The third-order valence-electron chi connectivity index (χ3n) is 5.97. The normalized spacial score (nSPS) is 20.6. The molecule has 1 saturated heterocycles. The van der Waals surface area contributed by atoms with Gasteiger partial charge in [-0.1, -0.05) is 23.7 Å². The summed E-state index contributed by atoms with van der Waals surface area (Å²) < 4.78 is 39.8. The Labute approximate surface area is 184 Å². The highest BCUT2D eigenvalue weighted by atomic mass is 35.5. The number of halogens is 4. The van der Waals surface area contributed by atoms with Gasteiger partial charge in [0.2, 0.25) is 5.91 Å². The van der Waals surface area contributed by atoms with Crippen LogP contribution in [0.5, 0.6) is 0 Å². The Morgan fingerprint density at radius 1 is 1.23 bits per heavy atom. The van der Waals surface area contributed by atoms with Crippen LogP contribution in [0.4, 0.5) is 24.5 Å². The van der Waals surface area contributed by atoms with Crippen LogP contribution in [0.3, 0.4) is 0 Å². The average molecular weight is 450 g/mol. The second kappa shape index (κ2) is 8.46. The van der Waals surface area contributed by atoms with Crippen molar-refractivity contribution in [2.24, 2.45) is 5.92 Å². The average Bonchev–Trinajstić information content (AvgIpc) is 2.75. The number of carbonyl (C=O) groups excluding carboxylic acids is 1. The summed E-state index contributed by atoms with van der Waals surface area (Å²) in [6.07, 6.45) is -2.57. The minimum absolute atomic E-state index is 0.165. The van der Waals surface area contributed by atoms with Crippen LogP contribution < -0.4 is 15.1 Å². The molecule has 31 heavy (non-hydrogen) atoms. The molecule has 2 aliphatic rings. The number of nitrogens with zero attached hydrogens (tertiary/aromatic N) is 2. The zero-order valence-corrected chi connectivity index (χ0v) is 17.6. The van der Waals surface area contributed by atoms with E-state index < -0.39 is 17.7 Å². The molecule has 2 heterocycles. The maximum atomic E-state index is 13.3. The van der Waals surface area contributed by atoms with Crippen molar-refractivity contribution in [2.75, 3.05) is 36.0 Å². The molecule has 164 valence electrons. The van der Waals surface area contributed by atoms with Crippen LogP contribution in [0.1, 0.15) is 11.1 Å². The van der Waals surface area contributed by atoms with Crippen LogP contribution >= 0.6 is 11.6 Å². The molecule has 2 atom stereocenters. The molecular weight excluding hydrogens is 427 g/mol. The molecule has 4 nitrogen and oxygen atoms in total. The molecule has 4 rings (SSSR count). The highest BCUT2D eigenvalue weighted by Crippen LogP contribution is 2.40. The molecule has 2 aromatic rings. The van der Waals surface area contributed by atoms with Gasteiger partial charge in [-0.2, -0.15) is 13.2 Å². The maximum Gasteiger partial charge on any atom is 0.416 e. The van der Waals surface area contributed by atoms with E-state index in [1.54, 1.807) is 6.08 Å². The van der Waals surface area contributed by atoms with Crippen molar-refractivity contribution in [1.29, 1.82) is 0 Å². The van der Waals surface area contributed by atoms with Crippen molar-refractivity contribution in [3.05, 3.63) is 71.3 Å². The van der Waals surface area contributed by atoms with Crippen LogP contribution in [-0.2, 0) is 17.4 Å². The molecule has 0 spiro atoms. The lowest BCUT2D eigenvalue weighted by atomic mass is 9.82. The van der Waals surface area contributed by atoms with E-state index in [9.17, 15) is 18.0 Å². The second-order valence-corrected chi connectivity index (χ2v) is 8.31. The molecule has 2 aromatic carbocycles. The summed E-state index contributed by atoms with van der Waals surface area (Å²) in [5, 5.41) is 3.46. The Hall–Kier alpha value is -2.67. The largest absolute Gasteiger partial charge is 0.416 e. The van der Waals surface area contributed by atoms with Gasteiger partial charge in [-0.15, -0.1) is 6.58 Å². The Morgan fingerprint density at radius 3 is 2.74 bits per heavy atom. The number of benzene rings is 2. The van der Waals surface area contributed by atoms with Gasteiger partial charge in [0.05, 0.1) is 17.5 Å². The number of piperazine rings is 1. The topological polar surface area (TPSA) is 35.6 Å². The van der Waals surface area contributed by atoms with E-state index in [2.05, 4.69) is 21.7 Å². The van der Waals surface area contributed by atoms with Crippen LogP contribution in [0.15, 0.2) is 55.1 Å². The van der Waals surface area contributed by atoms with Crippen molar-refractivity contribution in [1.82, 2.24) is 5.32 Å². The predicted octanol–water partition coefficient (Wildman–Crippen LogP) is 4.53. The quantitative estimate of drug-likeness (QED) is 0.697. The minimum Gasteiger partial charge on any atom is -0.368 e. The van der Waals surface area contributed by atoms with Gasteiger partial charge in [-0.05, 0) is 48.4 Å². The lowest BCUT2D eigenvalue weighted by molar-refractivity contribution is -0.137. The number of nitrogens with one attached hydrogen (secondary N) is 1. The first-order chi connectivity index (χ1) is 14.8. The summed E-state index contributed by atoms with van der Waals surface area (Å²) in [7, 11) is 0. The molecule has 0 aliphatic carbocycles. The summed E-state index contributed by atoms with van der Waals surface area (Å²) in [4.78, 5) is 17.2. The highest BCUT2D eigenvalue weighted by Gasteiger charge is 2.42. The smallest absolute Gasteiger partial charge is 0.368 e. The molecule has 1 N–H and O–H groups in total. The van der Waals surface area contributed by atoms with Gasteiger partial charge in [0, 0.05) is 42.6 Å². The maximum absolute atomic E-state index is 13.3. The fourth-order valence-electron chi connectivity index (χ4n) is 4.51. The van der Waals surface area contributed by atoms with E-state index >= 15 is 0 Å². The highest BCUT2D eigenvalue weighted by molar-refractivity contribution is 6.30. The Bertz CT molecular complexity index is 994. The number of anilines is 2. The third kappa shape index (κ3) is 4.37. The monoisotopic (exact) mass is 449 g/mol. The number of carbonyl (C=O) groups is 1. The molecule has 1 fully saturated rings. The first-order valence-electron chi connectivity index (χ1n) is 10.1. The van der Waals surface area contributed by atoms with Gasteiger partial charge in [-0.3, -0.25) is 4.79 Å². The fourth-order valence-corrected chi connectivity index (χ4v) is 4.70. The van der Waals surface area contributed by atoms with Crippen LogP contribution in [0.2, 0.25) is 5.02 Å². The molecule has 1 amide bonds. The molecule has 0 saturated carbocycles. The lowest BCUT2D eigenvalue weighted by Crippen LogP contribution is -2.61. The van der Waals surface area contributed by atoms with Crippen LogP contribution in [0, 0.1) is 5.92 Å². The number of fused-ring (bicyclic) bond motifs is 3. The summed E-state index contributed by atoms with van der Waals surface area (Å²) >= 11 is 6.15. The summed E-state index contributed by atoms with van der Waals surface area (Å²) in [6, 6.07) is 11.2. The van der Waals surface area contributed by atoms with Gasteiger partial charge in [0.1, 0.15) is 0 Å². The molecule has 2 aliphatic heterocycles. The molecule has 0 bridgehead atoms. The van der Waals surface area contributed by atoms with Crippen molar-refractivity contribution in [2.45, 2.75) is 18.6 Å². The molecule has 0 aromatic heterocycles. The zero-order chi connectivity index (χ0) is 22.2. The Morgan fingerprint density at radius 2 is 2.03 bits per heavy atom. The SMILES string of the molecule is C=CCNC(=O)[C@H]1Cc2cc(C(F)(F)F)ccc2N2CCN(c3cccc(Cl)c3)C[C@H]12. The number of alkyl halides is 3. The molecule has 0 unspecified atom stereocenters. The first kappa shape index (κ1) is 21.6. The van der Waals surface area contributed by atoms with E-state index in [0.717, 1.165) is 17.4 Å². The van der Waals surface area contributed by atoms with Crippen molar-refractivity contribution in [3.8, 4) is 0 Å². The summed E-state index contributed by atoms with van der Waals surface area (Å²) in [5.74, 6) is -0.649. The number of amides is 1. The fraction of sp³-hybridized carbons (Fsp3) is 0.348. The first-order valence-corrected chi connectivity index (χ1v) is 10.5. The van der Waals surface area contributed by atoms with E-state index in [1.165, 1.54) is 12.1 Å². The van der Waals surface area contributed by atoms with Gasteiger partial charge in [0.15, 0.2) is 0 Å². The number of hydrogen-bond acceptors (Lipinski definition) is 3. The van der Waals surface area contributed by atoms with E-state index in [1.807, 2.05) is 24.3 Å². The molecule has 8 heteroatoms. The van der Waals surface area contributed by atoms with Crippen LogP contribution in [-0.4, -0.2) is 38.1 Å². The van der Waals surface area contributed by atoms with E-state index in [4.69, 9.17) is 11.6 Å². The standard InChI is InChI=1S/C23H23ClF3N3O/c1-2-8-28-22(31)19-12-15-11-16(23(25,26)27)6-7-20(15)30-10-9-29(14-21(19)30)18-5-3-4-17(24)13-18/h2-7,11,13,19,21H,1,8-10,12,14H2,(H,28,31)/t19-,21+/m0/s1. The lowest BCUT2D eigenvalue weighted by Gasteiger charge is -2.49. The minimum atomic E-state index is -4.42. The van der Waals surface area contributed by atoms with E-state index in [0.29, 0.717) is 36.8 Å². The summed E-state index contributed by atoms with van der Waals surface area (Å²) in [6.45, 7) is 5.79. The van der Waals surface area contributed by atoms with Crippen molar-refractivity contribution in [3.63, 3.8) is 0 Å². The van der Waals surface area contributed by atoms with Crippen molar-refractivity contribution >= 4 is 28.9 Å². The number of rotatable bonds is 4. The third-order valence-corrected chi connectivity index (χ3v) is 6.20. The molecular formula is C23H23ClF3N3O. The summed E-state index contributed by atoms with van der Waals surface area (Å²) in [5.41, 5.74) is 1.61. The second-order valence-electron chi connectivity index (χ2n) is 7.87. The zero-order valence-electron chi connectivity index (χ0n) is 16.8. The van der Waals surface area contributed by atoms with Crippen molar-refractivity contribution < 1.29 is 18.0 Å². The van der Waals surface area contributed by atoms with Crippen LogP contribution in [0.25, 0.3) is 0 Å². The Balaban J connectivity index is 1.68. The molecule has 0 radical (unpaired) electrons. The van der Waals surface area contributed by atoms with Gasteiger partial charge < -0.3 is 15.1 Å². The Kier molecular flexibility index (Phi) is 5.88. The van der Waals surface area contributed by atoms with E-state index in [-0.39, 0.29) is 18.4 Å².